The van der Waals surface area contributed by atoms with Gasteiger partial charge in [-0.1, -0.05) is 84.8 Å². The summed E-state index contributed by atoms with van der Waals surface area (Å²) >= 11 is 0. The van der Waals surface area contributed by atoms with Crippen LogP contribution >= 0.6 is 0 Å². The molecule has 0 aliphatic rings. The molecule has 0 bridgehead atoms. The molecule has 0 atom stereocenters. The van der Waals surface area contributed by atoms with Gasteiger partial charge in [0, 0.05) is 0 Å². The van der Waals surface area contributed by atoms with Crippen molar-refractivity contribution in [3.63, 3.8) is 0 Å². The van der Waals surface area contributed by atoms with Crippen molar-refractivity contribution in [3.05, 3.63) is 12.2 Å². The van der Waals surface area contributed by atoms with E-state index in [0.717, 1.165) is 12.3 Å². The minimum absolute atomic E-state index is 0.00176. The Labute approximate surface area is 151 Å². The highest BCUT2D eigenvalue weighted by Crippen LogP contribution is 2.11. The van der Waals surface area contributed by atoms with E-state index in [4.69, 9.17) is 4.74 Å². The summed E-state index contributed by atoms with van der Waals surface area (Å²) < 4.78 is 5.17. The van der Waals surface area contributed by atoms with Crippen molar-refractivity contribution in [2.45, 2.75) is 105 Å². The molecule has 0 aliphatic heterocycles. The number of carbonyl (C=O) groups is 1. The SMILES string of the molecule is CC(C)CCCCCC=CCCCCCCCCOC(=O)C(C)C. The van der Waals surface area contributed by atoms with E-state index in [0.29, 0.717) is 6.61 Å². The molecule has 0 N–H and O–H groups in total. The molecule has 0 aliphatic carbocycles. The fourth-order valence-electron chi connectivity index (χ4n) is 2.64. The molecule has 2 heteroatoms. The van der Waals surface area contributed by atoms with Crippen LogP contribution < -0.4 is 0 Å². The van der Waals surface area contributed by atoms with E-state index in [1.165, 1.54) is 70.6 Å². The predicted octanol–water partition coefficient (Wildman–Crippen LogP) is 7.08. The smallest absolute Gasteiger partial charge is 0.308 e. The fraction of sp³-hybridized carbons (Fsp3) is 0.864. The molecule has 2 nitrogen and oxygen atoms in total. The molecule has 0 unspecified atom stereocenters. The van der Waals surface area contributed by atoms with Gasteiger partial charge in [0.05, 0.1) is 12.5 Å². The van der Waals surface area contributed by atoms with Gasteiger partial charge in [-0.3, -0.25) is 4.79 Å². The van der Waals surface area contributed by atoms with Gasteiger partial charge >= 0.3 is 5.97 Å². The van der Waals surface area contributed by atoms with Gasteiger partial charge in [-0.25, -0.2) is 0 Å². The molecule has 0 saturated heterocycles. The van der Waals surface area contributed by atoms with Crippen LogP contribution in [0.25, 0.3) is 0 Å². The van der Waals surface area contributed by atoms with E-state index in [9.17, 15) is 4.79 Å². The molecule has 0 rings (SSSR count). The van der Waals surface area contributed by atoms with Crippen LogP contribution in [0.3, 0.4) is 0 Å². The Balaban J connectivity index is 3.17. The Hall–Kier alpha value is -0.790. The predicted molar refractivity (Wildman–Crippen MR) is 105 cm³/mol. The molecule has 0 aromatic heterocycles. The van der Waals surface area contributed by atoms with Gasteiger partial charge in [0.2, 0.25) is 0 Å². The summed E-state index contributed by atoms with van der Waals surface area (Å²) in [4.78, 5) is 11.3. The zero-order chi connectivity index (χ0) is 18.0. The molecule has 0 saturated carbocycles. The third-order valence-corrected chi connectivity index (χ3v) is 4.30. The van der Waals surface area contributed by atoms with Crippen LogP contribution in [0.4, 0.5) is 0 Å². The zero-order valence-electron chi connectivity index (χ0n) is 16.8. The minimum atomic E-state index is -0.0679. The summed E-state index contributed by atoms with van der Waals surface area (Å²) in [7, 11) is 0. The molecule has 0 radical (unpaired) electrons. The van der Waals surface area contributed by atoms with Gasteiger partial charge in [0.25, 0.3) is 0 Å². The van der Waals surface area contributed by atoms with Crippen LogP contribution in [-0.2, 0) is 9.53 Å². The van der Waals surface area contributed by atoms with Crippen LogP contribution in [0.2, 0.25) is 0 Å². The van der Waals surface area contributed by atoms with E-state index in [1.807, 2.05) is 13.8 Å². The van der Waals surface area contributed by atoms with Crippen molar-refractivity contribution in [1.82, 2.24) is 0 Å². The van der Waals surface area contributed by atoms with Crippen LogP contribution in [-0.4, -0.2) is 12.6 Å². The molecule has 0 amide bonds. The summed E-state index contributed by atoms with van der Waals surface area (Å²) in [5.74, 6) is 0.787. The number of unbranched alkanes of at least 4 members (excludes halogenated alkanes) is 9. The number of carbonyl (C=O) groups excluding carboxylic acids is 1. The summed E-state index contributed by atoms with van der Waals surface area (Å²) in [6, 6.07) is 0. The Morgan fingerprint density at radius 2 is 1.25 bits per heavy atom. The third-order valence-electron chi connectivity index (χ3n) is 4.30. The van der Waals surface area contributed by atoms with E-state index < -0.39 is 0 Å². The maximum absolute atomic E-state index is 11.3. The average molecular weight is 339 g/mol. The Morgan fingerprint density at radius 1 is 0.750 bits per heavy atom. The van der Waals surface area contributed by atoms with Gasteiger partial charge in [-0.15, -0.1) is 0 Å². The lowest BCUT2D eigenvalue weighted by atomic mass is 10.0. The van der Waals surface area contributed by atoms with Crippen molar-refractivity contribution < 1.29 is 9.53 Å². The topological polar surface area (TPSA) is 26.3 Å². The van der Waals surface area contributed by atoms with Crippen molar-refractivity contribution in [2.75, 3.05) is 6.61 Å². The monoisotopic (exact) mass is 338 g/mol. The van der Waals surface area contributed by atoms with E-state index >= 15 is 0 Å². The highest BCUT2D eigenvalue weighted by atomic mass is 16.5. The Morgan fingerprint density at radius 3 is 1.79 bits per heavy atom. The third kappa shape index (κ3) is 17.6. The molecule has 24 heavy (non-hydrogen) atoms. The molecule has 0 spiro atoms. The maximum atomic E-state index is 11.3. The largest absolute Gasteiger partial charge is 0.465 e. The van der Waals surface area contributed by atoms with E-state index in [-0.39, 0.29) is 11.9 Å². The van der Waals surface area contributed by atoms with Gasteiger partial charge in [-0.05, 0) is 38.0 Å². The first-order valence-electron chi connectivity index (χ1n) is 10.4. The molecular weight excluding hydrogens is 296 g/mol. The average Bonchev–Trinajstić information content (AvgIpc) is 2.53. The highest BCUT2D eigenvalue weighted by molar-refractivity contribution is 5.71. The summed E-state index contributed by atoms with van der Waals surface area (Å²) in [5, 5.41) is 0. The van der Waals surface area contributed by atoms with Gasteiger partial charge < -0.3 is 4.74 Å². The normalized spacial score (nSPS) is 11.8. The van der Waals surface area contributed by atoms with Crippen LogP contribution in [0.1, 0.15) is 105 Å². The van der Waals surface area contributed by atoms with E-state index in [2.05, 4.69) is 26.0 Å². The number of hydrogen-bond donors (Lipinski definition) is 0. The number of ether oxygens (including phenoxy) is 1. The second-order valence-corrected chi connectivity index (χ2v) is 7.74. The first-order valence-corrected chi connectivity index (χ1v) is 10.4. The first kappa shape index (κ1) is 23.2. The summed E-state index contributed by atoms with van der Waals surface area (Å²) in [5.41, 5.74) is 0. The zero-order valence-corrected chi connectivity index (χ0v) is 16.8. The molecule has 0 fully saturated rings. The Bertz CT molecular complexity index is 305. The number of rotatable bonds is 16. The molecule has 0 heterocycles. The van der Waals surface area contributed by atoms with Crippen molar-refractivity contribution >= 4 is 5.97 Å². The standard InChI is InChI=1S/C22H42O2/c1-20(2)18-16-14-12-10-8-6-5-7-9-11-13-15-17-19-24-22(23)21(3)4/h6,8,20-21H,5,7,9-19H2,1-4H3. The van der Waals surface area contributed by atoms with Gasteiger partial charge in [0.15, 0.2) is 0 Å². The van der Waals surface area contributed by atoms with Gasteiger partial charge in [0.1, 0.15) is 0 Å². The highest BCUT2D eigenvalue weighted by Gasteiger charge is 2.06. The van der Waals surface area contributed by atoms with Crippen LogP contribution in [0.5, 0.6) is 0 Å². The molecule has 142 valence electrons. The van der Waals surface area contributed by atoms with E-state index in [1.54, 1.807) is 0 Å². The fourth-order valence-corrected chi connectivity index (χ4v) is 2.64. The summed E-state index contributed by atoms with van der Waals surface area (Å²) in [6.07, 6.45) is 20.1. The van der Waals surface area contributed by atoms with Gasteiger partial charge in [-0.2, -0.15) is 0 Å². The van der Waals surface area contributed by atoms with Crippen LogP contribution in [0, 0.1) is 11.8 Å². The second kappa shape index (κ2) is 17.0. The van der Waals surface area contributed by atoms with Crippen molar-refractivity contribution in [2.24, 2.45) is 11.8 Å². The number of allylic oxidation sites excluding steroid dienone is 2. The van der Waals surface area contributed by atoms with Crippen LogP contribution in [0.15, 0.2) is 12.2 Å². The maximum Gasteiger partial charge on any atom is 0.308 e. The first-order chi connectivity index (χ1) is 11.5. The summed E-state index contributed by atoms with van der Waals surface area (Å²) in [6.45, 7) is 8.97. The van der Waals surface area contributed by atoms with Crippen molar-refractivity contribution in [3.8, 4) is 0 Å². The number of hydrogen-bond acceptors (Lipinski definition) is 2. The molecular formula is C22H42O2. The lowest BCUT2D eigenvalue weighted by molar-refractivity contribution is -0.147. The quantitative estimate of drug-likeness (QED) is 0.171. The lowest BCUT2D eigenvalue weighted by Crippen LogP contribution is -2.12. The van der Waals surface area contributed by atoms with Crippen molar-refractivity contribution in [1.29, 1.82) is 0 Å². The lowest BCUT2D eigenvalue weighted by Gasteiger charge is -2.06. The molecule has 0 aromatic rings. The second-order valence-electron chi connectivity index (χ2n) is 7.74. The molecule has 0 aromatic carbocycles. The number of esters is 1. The minimum Gasteiger partial charge on any atom is -0.465 e. The Kier molecular flexibility index (Phi) is 16.5.